The Bertz CT molecular complexity index is 1170. The van der Waals surface area contributed by atoms with Crippen LogP contribution in [0.25, 0.3) is 0 Å². The molecule has 3 aliphatic rings. The number of phenolic OH excluding ortho intramolecular Hbond substituents is 2. The van der Waals surface area contributed by atoms with E-state index in [2.05, 4.69) is 13.0 Å². The number of carbonyl (C=O) groups is 2. The van der Waals surface area contributed by atoms with Gasteiger partial charge < -0.3 is 20.1 Å². The number of hydrogen-bond donors (Lipinski definition) is 3. The van der Waals surface area contributed by atoms with E-state index in [1.54, 1.807) is 0 Å². The van der Waals surface area contributed by atoms with Crippen molar-refractivity contribution in [3.63, 3.8) is 0 Å². The van der Waals surface area contributed by atoms with Crippen LogP contribution in [0.15, 0.2) is 64.5 Å². The highest BCUT2D eigenvalue weighted by molar-refractivity contribution is 6.10. The number of carbonyl (C=O) groups excluding carboxylic acids is 2. The zero-order chi connectivity index (χ0) is 24.1. The van der Waals surface area contributed by atoms with Crippen molar-refractivity contribution in [1.82, 2.24) is 0 Å². The lowest BCUT2D eigenvalue weighted by molar-refractivity contribution is -0.115. The first-order chi connectivity index (χ1) is 15.5. The van der Waals surface area contributed by atoms with Gasteiger partial charge in [0.2, 0.25) is 5.78 Å². The fraction of sp³-hybridized carbons (Fsp3) is 0.407. The van der Waals surface area contributed by atoms with Crippen molar-refractivity contribution >= 4 is 11.8 Å². The van der Waals surface area contributed by atoms with Crippen molar-refractivity contribution in [3.05, 3.63) is 70.0 Å². The van der Waals surface area contributed by atoms with Crippen LogP contribution in [0.3, 0.4) is 0 Å². The van der Waals surface area contributed by atoms with E-state index in [4.69, 9.17) is 4.74 Å². The summed E-state index contributed by atoms with van der Waals surface area (Å²) in [5, 5.41) is 30.1. The lowest BCUT2D eigenvalue weighted by Gasteiger charge is -2.50. The monoisotopic (exact) mass is 450 g/mol. The summed E-state index contributed by atoms with van der Waals surface area (Å²) in [4.78, 5) is 25.5. The predicted octanol–water partition coefficient (Wildman–Crippen LogP) is 5.29. The van der Waals surface area contributed by atoms with Crippen molar-refractivity contribution in [2.45, 2.75) is 47.0 Å². The van der Waals surface area contributed by atoms with Gasteiger partial charge in [-0.3, -0.25) is 4.79 Å². The molecule has 1 aromatic rings. The Hall–Kier alpha value is -3.28. The molecule has 0 heterocycles. The van der Waals surface area contributed by atoms with E-state index in [0.717, 1.165) is 30.4 Å². The van der Waals surface area contributed by atoms with Crippen molar-refractivity contribution in [1.29, 1.82) is 0 Å². The van der Waals surface area contributed by atoms with Gasteiger partial charge in [0.05, 0.1) is 5.56 Å². The second-order valence-corrected chi connectivity index (χ2v) is 10.0. The highest BCUT2D eigenvalue weighted by atomic mass is 16.5. The molecule has 1 fully saturated rings. The Morgan fingerprint density at radius 3 is 2.48 bits per heavy atom. The number of ether oxygens (including phenoxy) is 1. The fourth-order valence-corrected chi connectivity index (χ4v) is 5.53. The van der Waals surface area contributed by atoms with E-state index in [-0.39, 0.29) is 41.1 Å². The lowest BCUT2D eigenvalue weighted by atomic mass is 9.54. The number of aliphatic hydroxyl groups is 1. The van der Waals surface area contributed by atoms with Crippen molar-refractivity contribution < 1.29 is 29.6 Å². The maximum Gasteiger partial charge on any atom is 0.338 e. The van der Waals surface area contributed by atoms with Crippen LogP contribution in [0, 0.1) is 16.7 Å². The first-order valence-electron chi connectivity index (χ1n) is 11.3. The normalized spacial score (nSPS) is 26.8. The van der Waals surface area contributed by atoms with E-state index in [0.29, 0.717) is 11.1 Å². The number of allylic oxidation sites excluding steroid dienone is 6. The number of esters is 1. The van der Waals surface area contributed by atoms with Crippen LogP contribution in [0.4, 0.5) is 0 Å². The van der Waals surface area contributed by atoms with E-state index in [1.165, 1.54) is 18.2 Å². The van der Waals surface area contributed by atoms with Gasteiger partial charge in [-0.05, 0) is 48.6 Å². The minimum Gasteiger partial charge on any atom is -0.504 e. The molecular formula is C27H30O6. The molecule has 2 atom stereocenters. The van der Waals surface area contributed by atoms with Gasteiger partial charge in [-0.25, -0.2) is 4.79 Å². The molecule has 0 aromatic heterocycles. The first-order valence-corrected chi connectivity index (χ1v) is 11.3. The third-order valence-electron chi connectivity index (χ3n) is 7.30. The van der Waals surface area contributed by atoms with Crippen LogP contribution in [-0.2, 0) is 9.53 Å². The van der Waals surface area contributed by atoms with Gasteiger partial charge in [-0.15, -0.1) is 0 Å². The highest BCUT2D eigenvalue weighted by Gasteiger charge is 2.51. The molecule has 0 saturated heterocycles. The van der Waals surface area contributed by atoms with Gasteiger partial charge in [0, 0.05) is 22.0 Å². The zero-order valence-electron chi connectivity index (χ0n) is 19.4. The molecule has 3 N–H and O–H groups in total. The van der Waals surface area contributed by atoms with Gasteiger partial charge in [-0.1, -0.05) is 51.8 Å². The molecule has 3 aliphatic carbocycles. The van der Waals surface area contributed by atoms with Gasteiger partial charge in [0.15, 0.2) is 17.3 Å². The average Bonchev–Trinajstić information content (AvgIpc) is 2.75. The summed E-state index contributed by atoms with van der Waals surface area (Å²) in [6.07, 6.45) is 8.31. The van der Waals surface area contributed by atoms with E-state index >= 15 is 0 Å². The smallest absolute Gasteiger partial charge is 0.338 e. The van der Waals surface area contributed by atoms with E-state index < -0.39 is 16.8 Å². The molecule has 6 nitrogen and oxygen atoms in total. The van der Waals surface area contributed by atoms with Crippen molar-refractivity contribution in [2.75, 3.05) is 6.61 Å². The van der Waals surface area contributed by atoms with Crippen molar-refractivity contribution in [2.24, 2.45) is 16.7 Å². The summed E-state index contributed by atoms with van der Waals surface area (Å²) in [5.41, 5.74) is 2.28. The number of hydrogen-bond acceptors (Lipinski definition) is 6. The first kappa shape index (κ1) is 22.9. The van der Waals surface area contributed by atoms with Crippen molar-refractivity contribution in [3.8, 4) is 11.5 Å². The zero-order valence-corrected chi connectivity index (χ0v) is 19.4. The van der Waals surface area contributed by atoms with Crippen LogP contribution in [0.1, 0.15) is 57.3 Å². The maximum atomic E-state index is 12.9. The van der Waals surface area contributed by atoms with Gasteiger partial charge in [0.25, 0.3) is 0 Å². The molecule has 1 saturated carbocycles. The molecule has 0 amide bonds. The molecule has 33 heavy (non-hydrogen) atoms. The number of phenols is 2. The number of ketones is 1. The number of benzene rings is 1. The molecule has 0 radical (unpaired) electrons. The SMILES string of the molecule is CC(C)C1=CC2=CC=C3[C@@](C)(COC(=O)c4ccc(O)c(O)c4)CCC[C@]3(C)C2=C(O)C1=O. The number of rotatable bonds is 4. The number of aliphatic hydroxyl groups excluding tert-OH is 1. The Morgan fingerprint density at radius 2 is 1.82 bits per heavy atom. The van der Waals surface area contributed by atoms with Crippen LogP contribution < -0.4 is 0 Å². The largest absolute Gasteiger partial charge is 0.504 e. The molecule has 0 unspecified atom stereocenters. The standard InChI is InChI=1S/C27H30O6/c1-15(2)18-12-16-7-9-21-26(3,10-5-11-27(21,4)22(16)24(31)23(18)30)14-33-25(32)17-6-8-19(28)20(29)13-17/h6-9,12-13,15,28-29,31H,5,10-11,14H2,1-4H3/t26-,27+/m1/s1. The summed E-state index contributed by atoms with van der Waals surface area (Å²) < 4.78 is 5.64. The minimum absolute atomic E-state index is 0.00986. The second kappa shape index (κ2) is 7.94. The van der Waals surface area contributed by atoms with Crippen LogP contribution >= 0.6 is 0 Å². The summed E-state index contributed by atoms with van der Waals surface area (Å²) >= 11 is 0. The Balaban J connectivity index is 1.66. The molecule has 6 heteroatoms. The van der Waals surface area contributed by atoms with Gasteiger partial charge >= 0.3 is 5.97 Å². The molecule has 174 valence electrons. The minimum atomic E-state index is -0.592. The molecule has 1 aromatic carbocycles. The van der Waals surface area contributed by atoms with Crippen LogP contribution in [0.5, 0.6) is 11.5 Å². The Labute approximate surface area is 193 Å². The predicted molar refractivity (Wildman–Crippen MR) is 124 cm³/mol. The molecular weight excluding hydrogens is 420 g/mol. The lowest BCUT2D eigenvalue weighted by Crippen LogP contribution is -2.43. The fourth-order valence-electron chi connectivity index (χ4n) is 5.53. The van der Waals surface area contributed by atoms with Gasteiger partial charge in [-0.2, -0.15) is 0 Å². The second-order valence-electron chi connectivity index (χ2n) is 10.0. The summed E-state index contributed by atoms with van der Waals surface area (Å²) in [6.45, 7) is 8.08. The topological polar surface area (TPSA) is 104 Å². The third kappa shape index (κ3) is 3.67. The number of Topliss-reactive ketones (excluding diaryl/α,β-unsaturated/α-hetero) is 1. The van der Waals surface area contributed by atoms with E-state index in [1.807, 2.05) is 32.9 Å². The molecule has 0 bridgehead atoms. The number of fused-ring (bicyclic) bond motifs is 3. The molecule has 4 rings (SSSR count). The summed E-state index contributed by atoms with van der Waals surface area (Å²) in [5.74, 6) is -1.76. The van der Waals surface area contributed by atoms with Crippen LogP contribution in [0.2, 0.25) is 0 Å². The molecule has 0 spiro atoms. The van der Waals surface area contributed by atoms with Crippen LogP contribution in [-0.4, -0.2) is 33.7 Å². The van der Waals surface area contributed by atoms with Gasteiger partial charge in [0.1, 0.15) is 6.61 Å². The quantitative estimate of drug-likeness (QED) is 0.425. The Kier molecular flexibility index (Phi) is 5.51. The highest BCUT2D eigenvalue weighted by Crippen LogP contribution is 2.59. The summed E-state index contributed by atoms with van der Waals surface area (Å²) in [6, 6.07) is 3.82. The van der Waals surface area contributed by atoms with E-state index in [9.17, 15) is 24.9 Å². The Morgan fingerprint density at radius 1 is 1.09 bits per heavy atom. The summed E-state index contributed by atoms with van der Waals surface area (Å²) in [7, 11) is 0. The maximum absolute atomic E-state index is 12.9. The number of aromatic hydroxyl groups is 2. The molecule has 0 aliphatic heterocycles. The third-order valence-corrected chi connectivity index (χ3v) is 7.30. The average molecular weight is 451 g/mol.